The molecule has 2 nitrogen and oxygen atoms in total. The van der Waals surface area contributed by atoms with E-state index < -0.39 is 0 Å². The van der Waals surface area contributed by atoms with Crippen LogP contribution in [0.3, 0.4) is 0 Å². The van der Waals surface area contributed by atoms with Gasteiger partial charge in [0, 0.05) is 6.72 Å². The molecule has 0 aliphatic rings. The summed E-state index contributed by atoms with van der Waals surface area (Å²) in [6, 6.07) is 0. The van der Waals surface area contributed by atoms with Gasteiger partial charge in [-0.2, -0.15) is 5.10 Å². The van der Waals surface area contributed by atoms with E-state index in [1.165, 1.54) is 0 Å². The molecule has 9 heavy (non-hydrogen) atoms. The number of hydrogen-bond acceptors (Lipinski definition) is 2. The summed E-state index contributed by atoms with van der Waals surface area (Å²) in [6.07, 6.45) is 0. The average molecular weight is 148 g/mol. The average Bonchev–Trinajstić information content (AvgIpc) is 1.72. The molecule has 56 valence electrons. The van der Waals surface area contributed by atoms with E-state index in [4.69, 9.17) is 0 Å². The van der Waals surface area contributed by atoms with Gasteiger partial charge in [0.1, 0.15) is 0 Å². The molecule has 0 aromatic carbocycles. The molecule has 0 saturated heterocycles. The van der Waals surface area contributed by atoms with Crippen molar-refractivity contribution in [1.82, 2.24) is 5.43 Å². The first kappa shape index (κ1) is 15.8. The van der Waals surface area contributed by atoms with Crippen LogP contribution in [0.2, 0.25) is 0 Å². The van der Waals surface area contributed by atoms with Crippen molar-refractivity contribution in [2.75, 3.05) is 0 Å². The summed E-state index contributed by atoms with van der Waals surface area (Å²) < 4.78 is 0. The molecular weight excluding hydrogens is 132 g/mol. The molecule has 0 aromatic rings. The van der Waals surface area contributed by atoms with E-state index >= 15 is 0 Å². The van der Waals surface area contributed by atoms with Crippen molar-refractivity contribution in [1.29, 1.82) is 0 Å². The highest BCUT2D eigenvalue weighted by Crippen LogP contribution is 1.61. The monoisotopic (exact) mass is 148 g/mol. The summed E-state index contributed by atoms with van der Waals surface area (Å²) in [5.41, 5.74) is 2.45. The maximum atomic E-state index is 4.55. The van der Waals surface area contributed by atoms with Gasteiger partial charge in [-0.1, -0.05) is 33.5 Å². The van der Waals surface area contributed by atoms with E-state index in [0.717, 1.165) is 0 Å². The molecule has 0 heterocycles. The van der Waals surface area contributed by atoms with Gasteiger partial charge < -0.3 is 0 Å². The quantitative estimate of drug-likeness (QED) is 0.350. The van der Waals surface area contributed by atoms with Gasteiger partial charge in [0.15, 0.2) is 0 Å². The molecule has 0 unspecified atom stereocenters. The van der Waals surface area contributed by atoms with Crippen molar-refractivity contribution in [2.24, 2.45) is 5.10 Å². The Labute approximate surface area is 63.3 Å². The van der Waals surface area contributed by atoms with E-state index in [0.29, 0.717) is 4.99 Å². The van der Waals surface area contributed by atoms with Crippen LogP contribution in [-0.2, 0) is 0 Å². The number of hydrogen-bond donors (Lipinski definition) is 1. The Morgan fingerprint density at radius 1 is 1.56 bits per heavy atom. The highest BCUT2D eigenvalue weighted by Gasteiger charge is 1.70. The van der Waals surface area contributed by atoms with E-state index in [1.54, 1.807) is 6.92 Å². The zero-order valence-electron chi connectivity index (χ0n) is 5.56. The normalized spacial score (nSPS) is 5.22. The standard InChI is InChI=1S/C3H6N2S.C2H6.CH4/c1-3(6)5-4-2;1-2;/h2H2,1H3,(H,5,6);1-2H3;1H4. The van der Waals surface area contributed by atoms with Crippen LogP contribution < -0.4 is 5.43 Å². The number of thiocarbonyl (C=S) groups is 1. The highest BCUT2D eigenvalue weighted by atomic mass is 32.1. The lowest BCUT2D eigenvalue weighted by atomic mass is 10.8. The SMILES string of the molecule is C.C=NNC(C)=S.CC. The molecular formula is C6H16N2S. The first-order valence-corrected chi connectivity index (χ1v) is 2.90. The first-order chi connectivity index (χ1) is 3.77. The van der Waals surface area contributed by atoms with Gasteiger partial charge in [0.05, 0.1) is 4.99 Å². The molecule has 0 fully saturated rings. The molecule has 0 amide bonds. The van der Waals surface area contributed by atoms with Crippen LogP contribution in [0.25, 0.3) is 0 Å². The van der Waals surface area contributed by atoms with Crippen LogP contribution in [0.4, 0.5) is 0 Å². The Bertz CT molecular complexity index is 71.5. The maximum Gasteiger partial charge on any atom is 0.0930 e. The molecule has 3 heteroatoms. The Balaban J connectivity index is -0.000000109. The second-order valence-corrected chi connectivity index (χ2v) is 1.44. The van der Waals surface area contributed by atoms with Crippen molar-refractivity contribution < 1.29 is 0 Å². The first-order valence-electron chi connectivity index (χ1n) is 2.49. The van der Waals surface area contributed by atoms with Crippen LogP contribution in [0.1, 0.15) is 28.2 Å². The van der Waals surface area contributed by atoms with Crippen molar-refractivity contribution in [3.05, 3.63) is 0 Å². The van der Waals surface area contributed by atoms with Crippen molar-refractivity contribution in [3.8, 4) is 0 Å². The Morgan fingerprint density at radius 2 is 1.89 bits per heavy atom. The highest BCUT2D eigenvalue weighted by molar-refractivity contribution is 7.80. The maximum absolute atomic E-state index is 4.55. The third-order valence-electron chi connectivity index (χ3n) is 0.237. The molecule has 0 aromatic heterocycles. The Hall–Kier alpha value is -0.440. The second-order valence-electron chi connectivity index (χ2n) is 0.826. The number of nitrogens with zero attached hydrogens (tertiary/aromatic N) is 1. The minimum Gasteiger partial charge on any atom is -0.273 e. The molecule has 0 saturated carbocycles. The molecule has 0 aliphatic heterocycles. The number of nitrogens with one attached hydrogen (secondary N) is 1. The van der Waals surface area contributed by atoms with E-state index in [1.807, 2.05) is 13.8 Å². The lowest BCUT2D eigenvalue weighted by molar-refractivity contribution is 1.06. The van der Waals surface area contributed by atoms with Gasteiger partial charge in [0.25, 0.3) is 0 Å². The minimum atomic E-state index is 0. The van der Waals surface area contributed by atoms with E-state index in [9.17, 15) is 0 Å². The minimum absolute atomic E-state index is 0. The molecule has 1 N–H and O–H groups in total. The van der Waals surface area contributed by atoms with Crippen molar-refractivity contribution in [2.45, 2.75) is 28.2 Å². The fourth-order valence-corrected chi connectivity index (χ4v) is 0.176. The molecule has 0 atom stereocenters. The van der Waals surface area contributed by atoms with Crippen LogP contribution in [0.15, 0.2) is 5.10 Å². The zero-order valence-corrected chi connectivity index (χ0v) is 6.38. The Morgan fingerprint density at radius 3 is 1.89 bits per heavy atom. The third kappa shape index (κ3) is 35.7. The van der Waals surface area contributed by atoms with Gasteiger partial charge in [-0.15, -0.1) is 0 Å². The van der Waals surface area contributed by atoms with Gasteiger partial charge in [-0.25, -0.2) is 0 Å². The topological polar surface area (TPSA) is 24.4 Å². The Kier molecular flexibility index (Phi) is 27.5. The summed E-state index contributed by atoms with van der Waals surface area (Å²) in [6.45, 7) is 8.89. The van der Waals surface area contributed by atoms with Gasteiger partial charge in [-0.05, 0) is 6.92 Å². The predicted octanol–water partition coefficient (Wildman–Crippen LogP) is 2.20. The molecule has 0 rings (SSSR count). The number of rotatable bonds is 1. The largest absolute Gasteiger partial charge is 0.273 e. The van der Waals surface area contributed by atoms with Crippen LogP contribution in [0.5, 0.6) is 0 Å². The fraction of sp³-hybridized carbons (Fsp3) is 0.667. The van der Waals surface area contributed by atoms with Crippen LogP contribution in [0, 0.1) is 0 Å². The molecule has 0 radical (unpaired) electrons. The smallest absolute Gasteiger partial charge is 0.0930 e. The summed E-state index contributed by atoms with van der Waals surface area (Å²) >= 11 is 4.55. The summed E-state index contributed by atoms with van der Waals surface area (Å²) in [7, 11) is 0. The lowest BCUT2D eigenvalue weighted by Crippen LogP contribution is -2.07. The summed E-state index contributed by atoms with van der Waals surface area (Å²) in [5, 5.41) is 3.29. The molecule has 0 bridgehead atoms. The van der Waals surface area contributed by atoms with Crippen LogP contribution in [-0.4, -0.2) is 11.7 Å². The fourth-order valence-electron chi connectivity index (χ4n) is 0.111. The third-order valence-corrected chi connectivity index (χ3v) is 0.328. The lowest BCUT2D eigenvalue weighted by Gasteiger charge is -1.86. The van der Waals surface area contributed by atoms with Gasteiger partial charge in [0.2, 0.25) is 0 Å². The molecule has 0 aliphatic carbocycles. The van der Waals surface area contributed by atoms with Crippen molar-refractivity contribution >= 4 is 23.9 Å². The molecule has 0 spiro atoms. The van der Waals surface area contributed by atoms with Gasteiger partial charge >= 0.3 is 0 Å². The van der Waals surface area contributed by atoms with E-state index in [2.05, 4.69) is 29.5 Å². The summed E-state index contributed by atoms with van der Waals surface area (Å²) in [5.74, 6) is 0. The zero-order chi connectivity index (χ0) is 6.99. The van der Waals surface area contributed by atoms with Gasteiger partial charge in [-0.3, -0.25) is 5.43 Å². The number of hydrazone groups is 1. The van der Waals surface area contributed by atoms with Crippen LogP contribution >= 0.6 is 12.2 Å². The predicted molar refractivity (Wildman–Crippen MR) is 49.0 cm³/mol. The second kappa shape index (κ2) is 15.6. The van der Waals surface area contributed by atoms with Crippen molar-refractivity contribution in [3.63, 3.8) is 0 Å². The summed E-state index contributed by atoms with van der Waals surface area (Å²) in [4.78, 5) is 0.644. The van der Waals surface area contributed by atoms with E-state index in [-0.39, 0.29) is 7.43 Å².